The first-order valence-electron chi connectivity index (χ1n) is 6.88. The second-order valence-corrected chi connectivity index (χ2v) is 5.37. The van der Waals surface area contributed by atoms with Crippen molar-refractivity contribution in [1.82, 2.24) is 10.4 Å². The summed E-state index contributed by atoms with van der Waals surface area (Å²) < 4.78 is 0. The Morgan fingerprint density at radius 1 is 1.48 bits per heavy atom. The highest BCUT2D eigenvalue weighted by molar-refractivity contribution is 6.05. The molecule has 1 amide bonds. The zero-order valence-corrected chi connectivity index (χ0v) is 12.1. The molecule has 110 valence electrons. The number of hydrazine groups is 1. The maximum absolute atomic E-state index is 12.3. The number of hydrogen-bond acceptors (Lipinski definition) is 5. The average Bonchev–Trinajstić information content (AvgIpc) is 3.10. The first-order chi connectivity index (χ1) is 10.0. The van der Waals surface area contributed by atoms with E-state index in [9.17, 15) is 4.79 Å². The molecule has 2 heterocycles. The van der Waals surface area contributed by atoms with Crippen molar-refractivity contribution < 1.29 is 9.63 Å². The Bertz CT molecular complexity index is 651. The number of carbonyl (C=O) groups is 1. The quantitative estimate of drug-likeness (QED) is 0.848. The molecule has 0 fully saturated rings. The minimum absolute atomic E-state index is 0.157. The van der Waals surface area contributed by atoms with E-state index in [1.807, 2.05) is 13.8 Å². The van der Waals surface area contributed by atoms with Crippen LogP contribution in [0.4, 0.5) is 0 Å². The molecule has 2 aliphatic rings. The van der Waals surface area contributed by atoms with Crippen LogP contribution < -0.4 is 11.2 Å². The Labute approximate surface area is 123 Å². The molecule has 2 aliphatic heterocycles. The molecule has 6 heteroatoms. The van der Waals surface area contributed by atoms with Gasteiger partial charge in [-0.15, -0.1) is 0 Å². The van der Waals surface area contributed by atoms with E-state index in [2.05, 4.69) is 28.8 Å². The number of benzene rings is 1. The highest BCUT2D eigenvalue weighted by atomic mass is 16.6. The number of nitrogens with two attached hydrogens (primary N) is 1. The molecule has 1 atom stereocenters. The summed E-state index contributed by atoms with van der Waals surface area (Å²) in [6.07, 6.45) is 1.63. The third-order valence-corrected chi connectivity index (χ3v) is 3.67. The van der Waals surface area contributed by atoms with Crippen molar-refractivity contribution in [3.05, 3.63) is 46.8 Å². The lowest BCUT2D eigenvalue weighted by molar-refractivity contribution is -0.143. The second-order valence-electron chi connectivity index (χ2n) is 5.37. The van der Waals surface area contributed by atoms with Crippen LogP contribution in [0.3, 0.4) is 0 Å². The van der Waals surface area contributed by atoms with E-state index in [0.717, 1.165) is 22.4 Å². The normalized spacial score (nSPS) is 20.7. The van der Waals surface area contributed by atoms with E-state index < -0.39 is 6.10 Å². The predicted molar refractivity (Wildman–Crippen MR) is 79.1 cm³/mol. The lowest BCUT2D eigenvalue weighted by Gasteiger charge is -2.19. The lowest BCUT2D eigenvalue weighted by atomic mass is 9.98. The van der Waals surface area contributed by atoms with Crippen molar-refractivity contribution in [2.45, 2.75) is 26.4 Å². The fourth-order valence-corrected chi connectivity index (χ4v) is 2.47. The maximum atomic E-state index is 12.3. The summed E-state index contributed by atoms with van der Waals surface area (Å²) in [7, 11) is 0. The number of hydrogen-bond donors (Lipinski definition) is 2. The smallest absolute Gasteiger partial charge is 0.285 e. The molecule has 0 aliphatic carbocycles. The van der Waals surface area contributed by atoms with E-state index in [1.165, 1.54) is 5.01 Å². The summed E-state index contributed by atoms with van der Waals surface area (Å²) in [4.78, 5) is 17.6. The molecular formula is C15H18N4O2. The highest BCUT2D eigenvalue weighted by Gasteiger charge is 2.34. The summed E-state index contributed by atoms with van der Waals surface area (Å²) in [6.45, 7) is 4.51. The number of amides is 1. The molecule has 0 saturated carbocycles. The van der Waals surface area contributed by atoms with Crippen LogP contribution in [-0.2, 0) is 9.63 Å². The number of aryl methyl sites for hydroxylation is 2. The van der Waals surface area contributed by atoms with Crippen molar-refractivity contribution >= 4 is 11.6 Å². The maximum Gasteiger partial charge on any atom is 0.285 e. The van der Waals surface area contributed by atoms with Crippen molar-refractivity contribution in [2.24, 2.45) is 10.9 Å². The number of carbonyl (C=O) groups excluding carboxylic acids is 1. The fourth-order valence-electron chi connectivity index (χ4n) is 2.47. The van der Waals surface area contributed by atoms with Crippen LogP contribution in [0.15, 0.2) is 35.3 Å². The second kappa shape index (κ2) is 5.12. The standard InChI is InChI=1S/C15H18N4O2/c1-9-3-4-10(2)11(7-9)12-8-13(21-18-12)15(20)19-6-5-14(16)17-19/h3-5,7,13,17H,6,8,16H2,1-2H3. The van der Waals surface area contributed by atoms with Crippen LogP contribution in [-0.4, -0.2) is 29.3 Å². The van der Waals surface area contributed by atoms with Gasteiger partial charge in [-0.1, -0.05) is 22.9 Å². The van der Waals surface area contributed by atoms with Gasteiger partial charge < -0.3 is 10.6 Å². The van der Waals surface area contributed by atoms with Gasteiger partial charge in [0, 0.05) is 12.0 Å². The van der Waals surface area contributed by atoms with Crippen LogP contribution in [0.2, 0.25) is 0 Å². The van der Waals surface area contributed by atoms with Crippen molar-refractivity contribution in [1.29, 1.82) is 0 Å². The van der Waals surface area contributed by atoms with Crippen LogP contribution in [0.5, 0.6) is 0 Å². The van der Waals surface area contributed by atoms with E-state index in [-0.39, 0.29) is 5.91 Å². The summed E-state index contributed by atoms with van der Waals surface area (Å²) in [5.74, 6) is 0.327. The van der Waals surface area contributed by atoms with Gasteiger partial charge in [0.25, 0.3) is 5.91 Å². The predicted octanol–water partition coefficient (Wildman–Crippen LogP) is 0.943. The lowest BCUT2D eigenvalue weighted by Crippen LogP contribution is -2.45. The molecule has 0 spiro atoms. The van der Waals surface area contributed by atoms with E-state index in [1.54, 1.807) is 6.08 Å². The largest absolute Gasteiger partial charge is 0.384 e. The first-order valence-corrected chi connectivity index (χ1v) is 6.88. The SMILES string of the molecule is Cc1ccc(C)c(C2=NOC(C(=O)N3CC=C(N)N3)C2)c1. The number of nitrogens with zero attached hydrogens (tertiary/aromatic N) is 2. The average molecular weight is 286 g/mol. The van der Waals surface area contributed by atoms with Gasteiger partial charge in [0.2, 0.25) is 6.10 Å². The van der Waals surface area contributed by atoms with Gasteiger partial charge in [-0.2, -0.15) is 0 Å². The molecule has 0 saturated heterocycles. The van der Waals surface area contributed by atoms with Crippen molar-refractivity contribution in [3.63, 3.8) is 0 Å². The van der Waals surface area contributed by atoms with Gasteiger partial charge in [-0.3, -0.25) is 10.2 Å². The first kappa shape index (κ1) is 13.5. The van der Waals surface area contributed by atoms with Gasteiger partial charge >= 0.3 is 0 Å². The van der Waals surface area contributed by atoms with Gasteiger partial charge in [0.15, 0.2) is 0 Å². The van der Waals surface area contributed by atoms with Gasteiger partial charge in [-0.25, -0.2) is 5.01 Å². The Morgan fingerprint density at radius 2 is 2.29 bits per heavy atom. The molecule has 0 radical (unpaired) electrons. The number of oxime groups is 1. The molecule has 3 rings (SSSR count). The molecule has 3 N–H and O–H groups in total. The molecule has 0 aromatic heterocycles. The minimum atomic E-state index is -0.591. The number of nitrogens with one attached hydrogen (secondary N) is 1. The zero-order valence-electron chi connectivity index (χ0n) is 12.1. The van der Waals surface area contributed by atoms with Crippen LogP contribution in [0, 0.1) is 13.8 Å². The summed E-state index contributed by atoms with van der Waals surface area (Å²) in [5, 5.41) is 5.54. The number of rotatable bonds is 2. The Kier molecular flexibility index (Phi) is 3.29. The Hall–Kier alpha value is -2.50. The fraction of sp³-hybridized carbons (Fsp3) is 0.333. The van der Waals surface area contributed by atoms with Crippen molar-refractivity contribution in [3.8, 4) is 0 Å². The summed E-state index contributed by atoms with van der Waals surface area (Å²) in [6, 6.07) is 6.17. The Balaban J connectivity index is 1.70. The molecule has 0 bridgehead atoms. The molecule has 6 nitrogen and oxygen atoms in total. The van der Waals surface area contributed by atoms with Gasteiger partial charge in [0.1, 0.15) is 5.82 Å². The van der Waals surface area contributed by atoms with Gasteiger partial charge in [-0.05, 0) is 31.6 Å². The topological polar surface area (TPSA) is 80.0 Å². The monoisotopic (exact) mass is 286 g/mol. The molecular weight excluding hydrogens is 268 g/mol. The van der Waals surface area contributed by atoms with E-state index in [0.29, 0.717) is 18.8 Å². The molecule has 21 heavy (non-hydrogen) atoms. The molecule has 1 aromatic rings. The van der Waals surface area contributed by atoms with E-state index in [4.69, 9.17) is 10.6 Å². The molecule has 1 aromatic carbocycles. The Morgan fingerprint density at radius 3 is 3.00 bits per heavy atom. The van der Waals surface area contributed by atoms with Gasteiger partial charge in [0.05, 0.1) is 12.3 Å². The van der Waals surface area contributed by atoms with Crippen LogP contribution in [0.25, 0.3) is 0 Å². The summed E-state index contributed by atoms with van der Waals surface area (Å²) >= 11 is 0. The van der Waals surface area contributed by atoms with Crippen LogP contribution >= 0.6 is 0 Å². The highest BCUT2D eigenvalue weighted by Crippen LogP contribution is 2.22. The minimum Gasteiger partial charge on any atom is -0.384 e. The third kappa shape index (κ3) is 2.56. The van der Waals surface area contributed by atoms with Crippen molar-refractivity contribution in [2.75, 3.05) is 6.54 Å². The van der Waals surface area contributed by atoms with Crippen LogP contribution in [0.1, 0.15) is 23.1 Å². The third-order valence-electron chi connectivity index (χ3n) is 3.67. The van der Waals surface area contributed by atoms with E-state index >= 15 is 0 Å². The zero-order chi connectivity index (χ0) is 15.0. The molecule has 1 unspecified atom stereocenters. The summed E-state index contributed by atoms with van der Waals surface area (Å²) in [5.41, 5.74) is 12.5.